The molecule has 1 heterocycles. The van der Waals surface area contributed by atoms with Crippen molar-refractivity contribution in [2.45, 2.75) is 12.2 Å². The first-order valence-corrected chi connectivity index (χ1v) is 6.04. The van der Waals surface area contributed by atoms with E-state index in [0.717, 1.165) is 0 Å². The molecule has 0 saturated heterocycles. The Morgan fingerprint density at radius 1 is 1.20 bits per heavy atom. The lowest BCUT2D eigenvalue weighted by Gasteiger charge is -2.08. The van der Waals surface area contributed by atoms with Crippen molar-refractivity contribution < 1.29 is 22.3 Å². The van der Waals surface area contributed by atoms with Crippen LogP contribution in [0.1, 0.15) is 17.1 Å². The van der Waals surface area contributed by atoms with Gasteiger partial charge in [-0.25, -0.2) is 4.98 Å². The van der Waals surface area contributed by atoms with Crippen LogP contribution in [0.5, 0.6) is 5.75 Å². The molecule has 106 valence electrons. The van der Waals surface area contributed by atoms with Crippen LogP contribution >= 0.6 is 11.6 Å². The molecule has 1 aromatic carbocycles. The van der Waals surface area contributed by atoms with Gasteiger partial charge in [0.15, 0.2) is 0 Å². The molecule has 7 heteroatoms. The molecule has 0 saturated carbocycles. The van der Waals surface area contributed by atoms with Gasteiger partial charge >= 0.3 is 6.36 Å². The fourth-order valence-electron chi connectivity index (χ4n) is 1.41. The highest BCUT2D eigenvalue weighted by atomic mass is 35.5. The van der Waals surface area contributed by atoms with Crippen molar-refractivity contribution >= 4 is 23.8 Å². The minimum Gasteiger partial charge on any atom is -0.445 e. The molecule has 0 aliphatic rings. The van der Waals surface area contributed by atoms with E-state index >= 15 is 0 Å². The molecular weight excluding hydrogens is 295 g/mol. The lowest BCUT2D eigenvalue weighted by molar-refractivity contribution is -0.274. The second kappa shape index (κ2) is 6.00. The summed E-state index contributed by atoms with van der Waals surface area (Å²) in [4.78, 5) is 4.05. The highest BCUT2D eigenvalue weighted by Crippen LogP contribution is 2.23. The molecule has 3 nitrogen and oxygen atoms in total. The second-order valence-corrected chi connectivity index (χ2v) is 4.03. The number of alkyl halides is 4. The summed E-state index contributed by atoms with van der Waals surface area (Å²) in [6.45, 7) is 0. The van der Waals surface area contributed by atoms with Gasteiger partial charge in [0.1, 0.15) is 12.0 Å². The van der Waals surface area contributed by atoms with E-state index in [1.54, 1.807) is 12.2 Å². The first-order chi connectivity index (χ1) is 9.46. The SMILES string of the molecule is FC(F)(F)Oc1ccc(/C=C/c2nc(CCl)co2)cc1. The van der Waals surface area contributed by atoms with Gasteiger partial charge in [-0.05, 0) is 23.8 Å². The fraction of sp³-hybridized carbons (Fsp3) is 0.154. The summed E-state index contributed by atoms with van der Waals surface area (Å²) in [6, 6.07) is 5.44. The predicted octanol–water partition coefficient (Wildman–Crippen LogP) is 4.48. The van der Waals surface area contributed by atoms with Crippen LogP contribution in [0.25, 0.3) is 12.2 Å². The Kier molecular flexibility index (Phi) is 4.34. The van der Waals surface area contributed by atoms with Gasteiger partial charge in [0.25, 0.3) is 0 Å². The molecule has 1 aromatic heterocycles. The van der Waals surface area contributed by atoms with E-state index in [2.05, 4.69) is 9.72 Å². The highest BCUT2D eigenvalue weighted by molar-refractivity contribution is 6.16. The summed E-state index contributed by atoms with van der Waals surface area (Å²) in [6.07, 6.45) is -0.00274. The monoisotopic (exact) mass is 303 g/mol. The Hall–Kier alpha value is -1.95. The van der Waals surface area contributed by atoms with Crippen LogP contribution < -0.4 is 4.74 Å². The minimum absolute atomic E-state index is 0.251. The van der Waals surface area contributed by atoms with E-state index < -0.39 is 6.36 Å². The molecule has 0 unspecified atom stereocenters. The van der Waals surface area contributed by atoms with Gasteiger partial charge < -0.3 is 9.15 Å². The maximum atomic E-state index is 12.0. The molecule has 0 amide bonds. The average molecular weight is 304 g/mol. The highest BCUT2D eigenvalue weighted by Gasteiger charge is 2.30. The predicted molar refractivity (Wildman–Crippen MR) is 68.1 cm³/mol. The molecule has 0 aliphatic heterocycles. The molecular formula is C13H9ClF3NO2. The van der Waals surface area contributed by atoms with Gasteiger partial charge in [0.2, 0.25) is 5.89 Å². The maximum Gasteiger partial charge on any atom is 0.573 e. The normalized spacial score (nSPS) is 12.0. The summed E-state index contributed by atoms with van der Waals surface area (Å²) in [5, 5.41) is 0. The van der Waals surface area contributed by atoms with Crippen molar-refractivity contribution in [2.24, 2.45) is 0 Å². The number of rotatable bonds is 4. The van der Waals surface area contributed by atoms with E-state index in [9.17, 15) is 13.2 Å². The number of ether oxygens (including phenoxy) is 1. The number of benzene rings is 1. The molecule has 0 aliphatic carbocycles. The van der Waals surface area contributed by atoms with Crippen LogP contribution in [0, 0.1) is 0 Å². The zero-order valence-electron chi connectivity index (χ0n) is 10.0. The van der Waals surface area contributed by atoms with Crippen molar-refractivity contribution in [1.29, 1.82) is 0 Å². The summed E-state index contributed by atoms with van der Waals surface area (Å²) in [5.41, 5.74) is 1.30. The van der Waals surface area contributed by atoms with E-state index in [4.69, 9.17) is 16.0 Å². The molecule has 0 bridgehead atoms. The zero-order chi connectivity index (χ0) is 14.6. The number of hydrogen-bond acceptors (Lipinski definition) is 3. The number of aromatic nitrogens is 1. The second-order valence-electron chi connectivity index (χ2n) is 3.76. The summed E-state index contributed by atoms with van der Waals surface area (Å²) in [7, 11) is 0. The summed E-state index contributed by atoms with van der Waals surface area (Å²) in [5.74, 6) is 0.354. The number of nitrogens with zero attached hydrogens (tertiary/aromatic N) is 1. The van der Waals surface area contributed by atoms with Crippen molar-refractivity contribution in [2.75, 3.05) is 0 Å². The Morgan fingerprint density at radius 3 is 2.45 bits per heavy atom. The van der Waals surface area contributed by atoms with Crippen molar-refractivity contribution in [3.05, 3.63) is 47.7 Å². The van der Waals surface area contributed by atoms with Gasteiger partial charge in [-0.1, -0.05) is 12.1 Å². The van der Waals surface area contributed by atoms with Crippen LogP contribution in [0.3, 0.4) is 0 Å². The van der Waals surface area contributed by atoms with Gasteiger partial charge in [-0.2, -0.15) is 0 Å². The number of halogens is 4. The van der Waals surface area contributed by atoms with Crippen molar-refractivity contribution in [1.82, 2.24) is 4.98 Å². The number of oxazole rings is 1. The van der Waals surface area contributed by atoms with E-state index in [1.165, 1.54) is 30.5 Å². The van der Waals surface area contributed by atoms with E-state index in [-0.39, 0.29) is 11.6 Å². The van der Waals surface area contributed by atoms with Crippen LogP contribution in [0.2, 0.25) is 0 Å². The lowest BCUT2D eigenvalue weighted by Crippen LogP contribution is -2.16. The van der Waals surface area contributed by atoms with Gasteiger partial charge in [-0.15, -0.1) is 24.8 Å². The van der Waals surface area contributed by atoms with E-state index in [1.807, 2.05) is 0 Å². The standard InChI is InChI=1S/C13H9ClF3NO2/c14-7-10-8-19-12(18-10)6-3-9-1-4-11(5-2-9)20-13(15,16)17/h1-6,8H,7H2/b6-3+. The van der Waals surface area contributed by atoms with Crippen molar-refractivity contribution in [3.63, 3.8) is 0 Å². The Balaban J connectivity index is 2.03. The molecule has 0 fully saturated rings. The molecule has 2 aromatic rings. The maximum absolute atomic E-state index is 12.0. The molecule has 20 heavy (non-hydrogen) atoms. The van der Waals surface area contributed by atoms with Crippen molar-refractivity contribution in [3.8, 4) is 5.75 Å². The third kappa shape index (κ3) is 4.31. The summed E-state index contributed by atoms with van der Waals surface area (Å²) < 4.78 is 44.8. The Morgan fingerprint density at radius 2 is 1.90 bits per heavy atom. The minimum atomic E-state index is -4.69. The largest absolute Gasteiger partial charge is 0.573 e. The van der Waals surface area contributed by atoms with Gasteiger partial charge in [-0.3, -0.25) is 0 Å². The quantitative estimate of drug-likeness (QED) is 0.781. The van der Waals surface area contributed by atoms with Crippen LogP contribution in [-0.2, 0) is 5.88 Å². The molecule has 0 atom stereocenters. The Bertz CT molecular complexity index is 590. The summed E-state index contributed by atoms with van der Waals surface area (Å²) >= 11 is 5.58. The van der Waals surface area contributed by atoms with Crippen LogP contribution in [0.15, 0.2) is 34.9 Å². The molecule has 2 rings (SSSR count). The van der Waals surface area contributed by atoms with Crippen LogP contribution in [-0.4, -0.2) is 11.3 Å². The molecule has 0 N–H and O–H groups in total. The van der Waals surface area contributed by atoms with Crippen LogP contribution in [0.4, 0.5) is 13.2 Å². The average Bonchev–Trinajstić information content (AvgIpc) is 2.84. The first kappa shape index (κ1) is 14.5. The smallest absolute Gasteiger partial charge is 0.445 e. The van der Waals surface area contributed by atoms with E-state index in [0.29, 0.717) is 17.1 Å². The molecule has 0 spiro atoms. The topological polar surface area (TPSA) is 35.3 Å². The Labute approximate surface area is 117 Å². The number of hydrogen-bond donors (Lipinski definition) is 0. The molecule has 0 radical (unpaired) electrons. The third-order valence-electron chi connectivity index (χ3n) is 2.24. The fourth-order valence-corrected chi connectivity index (χ4v) is 1.53. The third-order valence-corrected chi connectivity index (χ3v) is 2.51. The zero-order valence-corrected chi connectivity index (χ0v) is 10.8. The van der Waals surface area contributed by atoms with Gasteiger partial charge in [0.05, 0.1) is 11.6 Å². The lowest BCUT2D eigenvalue weighted by atomic mass is 10.2. The first-order valence-electron chi connectivity index (χ1n) is 5.50. The van der Waals surface area contributed by atoms with Gasteiger partial charge in [0, 0.05) is 6.08 Å².